The monoisotopic (exact) mass is 394 g/mol. The Morgan fingerprint density at radius 3 is 2.52 bits per heavy atom. The Labute approximate surface area is 172 Å². The minimum absolute atomic E-state index is 0.0687. The SMILES string of the molecule is O=C(NCCN1CCN(c2ccccc2)CC1)NC1CCN(c2ccccn2)C1. The average Bonchev–Trinajstić information content (AvgIpc) is 3.24. The van der Waals surface area contributed by atoms with Gasteiger partial charge in [0, 0.05) is 70.3 Å². The van der Waals surface area contributed by atoms with E-state index < -0.39 is 0 Å². The fourth-order valence-electron chi connectivity index (χ4n) is 4.06. The molecular weight excluding hydrogens is 364 g/mol. The van der Waals surface area contributed by atoms with Crippen molar-refractivity contribution in [3.8, 4) is 0 Å². The zero-order chi connectivity index (χ0) is 19.9. The van der Waals surface area contributed by atoms with E-state index in [1.54, 1.807) is 0 Å². The van der Waals surface area contributed by atoms with Crippen molar-refractivity contribution in [2.75, 3.05) is 62.2 Å². The highest BCUT2D eigenvalue weighted by Crippen LogP contribution is 2.17. The lowest BCUT2D eigenvalue weighted by Gasteiger charge is -2.36. The third-order valence-electron chi connectivity index (χ3n) is 5.70. The summed E-state index contributed by atoms with van der Waals surface area (Å²) in [5.74, 6) is 0.979. The van der Waals surface area contributed by atoms with E-state index in [-0.39, 0.29) is 12.1 Å². The molecule has 2 saturated heterocycles. The molecule has 2 fully saturated rings. The zero-order valence-electron chi connectivity index (χ0n) is 16.8. The summed E-state index contributed by atoms with van der Waals surface area (Å²) in [5, 5.41) is 6.11. The maximum Gasteiger partial charge on any atom is 0.315 e. The number of para-hydroxylation sites is 1. The van der Waals surface area contributed by atoms with E-state index in [1.165, 1.54) is 5.69 Å². The van der Waals surface area contributed by atoms with E-state index in [9.17, 15) is 4.79 Å². The predicted molar refractivity (Wildman–Crippen MR) is 116 cm³/mol. The Bertz CT molecular complexity index is 763. The van der Waals surface area contributed by atoms with Crippen molar-refractivity contribution in [1.29, 1.82) is 0 Å². The molecule has 0 bridgehead atoms. The molecule has 2 aliphatic rings. The number of benzene rings is 1. The fourth-order valence-corrected chi connectivity index (χ4v) is 4.06. The van der Waals surface area contributed by atoms with Crippen LogP contribution in [0.5, 0.6) is 0 Å². The van der Waals surface area contributed by atoms with Gasteiger partial charge in [-0.1, -0.05) is 24.3 Å². The van der Waals surface area contributed by atoms with Gasteiger partial charge in [-0.15, -0.1) is 0 Å². The number of rotatable bonds is 6. The topological polar surface area (TPSA) is 63.7 Å². The number of amides is 2. The van der Waals surface area contributed by atoms with E-state index >= 15 is 0 Å². The number of aromatic nitrogens is 1. The summed E-state index contributed by atoms with van der Waals surface area (Å²) in [5.41, 5.74) is 1.29. The van der Waals surface area contributed by atoms with Crippen molar-refractivity contribution in [3.05, 3.63) is 54.7 Å². The van der Waals surface area contributed by atoms with Crippen LogP contribution in [0.25, 0.3) is 0 Å². The number of pyridine rings is 1. The summed E-state index contributed by atoms with van der Waals surface area (Å²) in [6.45, 7) is 7.41. The van der Waals surface area contributed by atoms with Crippen LogP contribution in [-0.4, -0.2) is 74.3 Å². The molecule has 1 unspecified atom stereocenters. The van der Waals surface area contributed by atoms with Crippen molar-refractivity contribution >= 4 is 17.5 Å². The molecule has 1 aromatic heterocycles. The molecule has 29 heavy (non-hydrogen) atoms. The van der Waals surface area contributed by atoms with Gasteiger partial charge >= 0.3 is 6.03 Å². The van der Waals surface area contributed by atoms with Crippen molar-refractivity contribution < 1.29 is 4.79 Å². The van der Waals surface area contributed by atoms with Gasteiger partial charge in [0.1, 0.15) is 5.82 Å². The second-order valence-corrected chi connectivity index (χ2v) is 7.68. The minimum Gasteiger partial charge on any atom is -0.369 e. The van der Waals surface area contributed by atoms with E-state index in [1.807, 2.05) is 24.4 Å². The molecule has 1 aromatic carbocycles. The number of carbonyl (C=O) groups is 1. The minimum atomic E-state index is -0.0687. The highest BCUT2D eigenvalue weighted by molar-refractivity contribution is 5.74. The Morgan fingerprint density at radius 2 is 1.76 bits per heavy atom. The molecule has 7 nitrogen and oxygen atoms in total. The van der Waals surface area contributed by atoms with Crippen LogP contribution in [0.4, 0.5) is 16.3 Å². The highest BCUT2D eigenvalue weighted by atomic mass is 16.2. The van der Waals surface area contributed by atoms with Crippen LogP contribution in [0, 0.1) is 0 Å². The standard InChI is InChI=1S/C22H30N6O/c29-22(25-19-9-12-28(18-19)21-8-4-5-10-23-21)24-11-13-26-14-16-27(17-15-26)20-6-2-1-3-7-20/h1-8,10,19H,9,11-18H2,(H2,24,25,29). The van der Waals surface area contributed by atoms with Crippen LogP contribution in [-0.2, 0) is 0 Å². The third kappa shape index (κ3) is 5.38. The zero-order valence-corrected chi connectivity index (χ0v) is 16.8. The molecule has 2 aromatic rings. The van der Waals surface area contributed by atoms with Crippen LogP contribution in [0.1, 0.15) is 6.42 Å². The highest BCUT2D eigenvalue weighted by Gasteiger charge is 2.24. The fraction of sp³-hybridized carbons (Fsp3) is 0.455. The van der Waals surface area contributed by atoms with Gasteiger partial charge in [-0.05, 0) is 30.7 Å². The molecule has 7 heteroatoms. The summed E-state index contributed by atoms with van der Waals surface area (Å²) in [6.07, 6.45) is 2.76. The Hall–Kier alpha value is -2.80. The number of hydrogen-bond acceptors (Lipinski definition) is 5. The van der Waals surface area contributed by atoms with Gasteiger partial charge in [0.25, 0.3) is 0 Å². The van der Waals surface area contributed by atoms with Gasteiger partial charge in [-0.2, -0.15) is 0 Å². The second kappa shape index (κ2) is 9.60. The molecule has 2 amide bonds. The van der Waals surface area contributed by atoms with Crippen molar-refractivity contribution in [2.24, 2.45) is 0 Å². The smallest absolute Gasteiger partial charge is 0.315 e. The van der Waals surface area contributed by atoms with Gasteiger partial charge in [0.05, 0.1) is 0 Å². The normalized spacial score (nSPS) is 19.9. The first kappa shape index (κ1) is 19.5. The number of urea groups is 1. The van der Waals surface area contributed by atoms with Gasteiger partial charge in [0.2, 0.25) is 0 Å². The molecule has 2 N–H and O–H groups in total. The summed E-state index contributed by atoms with van der Waals surface area (Å²) in [6, 6.07) is 16.6. The summed E-state index contributed by atoms with van der Waals surface area (Å²) < 4.78 is 0. The van der Waals surface area contributed by atoms with Crippen molar-refractivity contribution in [2.45, 2.75) is 12.5 Å². The molecule has 0 saturated carbocycles. The molecule has 2 aliphatic heterocycles. The molecule has 154 valence electrons. The molecule has 0 radical (unpaired) electrons. The summed E-state index contributed by atoms with van der Waals surface area (Å²) in [7, 11) is 0. The van der Waals surface area contributed by atoms with Gasteiger partial charge in [-0.3, -0.25) is 4.90 Å². The number of nitrogens with zero attached hydrogens (tertiary/aromatic N) is 4. The van der Waals surface area contributed by atoms with Gasteiger partial charge in [-0.25, -0.2) is 9.78 Å². The van der Waals surface area contributed by atoms with Crippen LogP contribution in [0.15, 0.2) is 54.7 Å². The van der Waals surface area contributed by atoms with Gasteiger partial charge in [0.15, 0.2) is 0 Å². The van der Waals surface area contributed by atoms with E-state index in [2.05, 4.69) is 60.6 Å². The molecular formula is C22H30N6O. The molecule has 4 rings (SSSR count). The lowest BCUT2D eigenvalue weighted by atomic mass is 10.2. The first-order valence-corrected chi connectivity index (χ1v) is 10.5. The number of hydrogen-bond donors (Lipinski definition) is 2. The maximum atomic E-state index is 12.2. The second-order valence-electron chi connectivity index (χ2n) is 7.68. The molecule has 3 heterocycles. The Morgan fingerprint density at radius 1 is 0.966 bits per heavy atom. The van der Waals surface area contributed by atoms with Crippen LogP contribution in [0.2, 0.25) is 0 Å². The Kier molecular flexibility index (Phi) is 6.46. The first-order chi connectivity index (χ1) is 14.3. The quantitative estimate of drug-likeness (QED) is 0.782. The van der Waals surface area contributed by atoms with Crippen LogP contribution >= 0.6 is 0 Å². The van der Waals surface area contributed by atoms with Crippen molar-refractivity contribution in [1.82, 2.24) is 20.5 Å². The van der Waals surface area contributed by atoms with E-state index in [0.29, 0.717) is 6.54 Å². The number of anilines is 2. The lowest BCUT2D eigenvalue weighted by Crippen LogP contribution is -2.50. The average molecular weight is 395 g/mol. The van der Waals surface area contributed by atoms with Crippen LogP contribution in [0.3, 0.4) is 0 Å². The number of piperazine rings is 1. The summed E-state index contributed by atoms with van der Waals surface area (Å²) >= 11 is 0. The molecule has 0 aliphatic carbocycles. The van der Waals surface area contributed by atoms with E-state index in [4.69, 9.17) is 0 Å². The third-order valence-corrected chi connectivity index (χ3v) is 5.70. The number of carbonyl (C=O) groups excluding carboxylic acids is 1. The van der Waals surface area contributed by atoms with Crippen LogP contribution < -0.4 is 20.4 Å². The molecule has 0 spiro atoms. The van der Waals surface area contributed by atoms with Gasteiger partial charge < -0.3 is 20.4 Å². The summed E-state index contributed by atoms with van der Waals surface area (Å²) in [4.78, 5) is 23.7. The lowest BCUT2D eigenvalue weighted by molar-refractivity contribution is 0.229. The largest absolute Gasteiger partial charge is 0.369 e. The molecule has 1 atom stereocenters. The predicted octanol–water partition coefficient (Wildman–Crippen LogP) is 1.78. The van der Waals surface area contributed by atoms with Crippen molar-refractivity contribution in [3.63, 3.8) is 0 Å². The maximum absolute atomic E-state index is 12.2. The van der Waals surface area contributed by atoms with E-state index in [0.717, 1.165) is 58.1 Å². The first-order valence-electron chi connectivity index (χ1n) is 10.5. The number of nitrogens with one attached hydrogen (secondary N) is 2. The Balaban J connectivity index is 1.12.